The molecule has 1 aliphatic heterocycles. The van der Waals surface area contributed by atoms with E-state index in [0.29, 0.717) is 5.56 Å². The predicted molar refractivity (Wildman–Crippen MR) is 60.8 cm³/mol. The Kier molecular flexibility index (Phi) is 2.48. The zero-order valence-corrected chi connectivity index (χ0v) is 9.23. The molecule has 5 nitrogen and oxygen atoms in total. The molecular weight excluding hydrogens is 220 g/mol. The molecule has 0 saturated carbocycles. The van der Waals surface area contributed by atoms with Crippen LogP contribution in [0.5, 0.6) is 0 Å². The number of carbonyl (C=O) groups is 2. The maximum Gasteiger partial charge on any atom is 0.270 e. The molecule has 1 aliphatic rings. The molecule has 0 bridgehead atoms. The lowest BCUT2D eigenvalue weighted by Gasteiger charge is -2.19. The number of Topliss-reactive ketones (excluding diaryl/α,β-unsaturated/α-hetero) is 1. The van der Waals surface area contributed by atoms with Crippen LogP contribution >= 0.6 is 0 Å². The summed E-state index contributed by atoms with van der Waals surface area (Å²) in [6.07, 6.45) is 0. The van der Waals surface area contributed by atoms with Crippen LogP contribution in [0.2, 0.25) is 0 Å². The summed E-state index contributed by atoms with van der Waals surface area (Å²) in [5.74, 6) is -1.08. The molecule has 0 aliphatic carbocycles. The summed E-state index contributed by atoms with van der Waals surface area (Å²) in [5, 5.41) is 12.2. The van der Waals surface area contributed by atoms with E-state index in [1.807, 2.05) is 0 Å². The van der Waals surface area contributed by atoms with Crippen molar-refractivity contribution < 1.29 is 14.7 Å². The first-order valence-corrected chi connectivity index (χ1v) is 5.08. The number of hydrogen-bond donors (Lipinski definition) is 3. The fraction of sp³-hybridized carbons (Fsp3) is 0.167. The molecule has 0 fully saturated rings. The second-order valence-electron chi connectivity index (χ2n) is 4.01. The van der Waals surface area contributed by atoms with Gasteiger partial charge in [-0.1, -0.05) is 30.3 Å². The van der Waals surface area contributed by atoms with E-state index in [9.17, 15) is 14.7 Å². The fourth-order valence-corrected chi connectivity index (χ4v) is 1.80. The average Bonchev–Trinajstić information content (AvgIpc) is 2.48. The molecule has 17 heavy (non-hydrogen) atoms. The SMILES string of the molecule is CC1(O)NC(=O)C(N)=C1C(=O)c1ccccc1. The van der Waals surface area contributed by atoms with Crippen molar-refractivity contribution in [1.29, 1.82) is 0 Å². The van der Waals surface area contributed by atoms with Gasteiger partial charge in [0.05, 0.1) is 5.57 Å². The van der Waals surface area contributed by atoms with Crippen molar-refractivity contribution in [3.05, 3.63) is 47.2 Å². The van der Waals surface area contributed by atoms with Gasteiger partial charge in [0.1, 0.15) is 5.70 Å². The third kappa shape index (κ3) is 1.81. The van der Waals surface area contributed by atoms with Gasteiger partial charge in [0.15, 0.2) is 11.5 Å². The van der Waals surface area contributed by atoms with Crippen molar-refractivity contribution in [3.8, 4) is 0 Å². The number of rotatable bonds is 2. The number of hydrogen-bond acceptors (Lipinski definition) is 4. The Bertz CT molecular complexity index is 518. The highest BCUT2D eigenvalue weighted by Gasteiger charge is 2.42. The molecule has 1 heterocycles. The lowest BCUT2D eigenvalue weighted by Crippen LogP contribution is -2.43. The molecule has 1 aromatic carbocycles. The topological polar surface area (TPSA) is 92.4 Å². The van der Waals surface area contributed by atoms with E-state index in [4.69, 9.17) is 5.73 Å². The Labute approximate surface area is 97.9 Å². The summed E-state index contributed by atoms with van der Waals surface area (Å²) in [7, 11) is 0. The van der Waals surface area contributed by atoms with Gasteiger partial charge in [0.25, 0.3) is 5.91 Å². The minimum absolute atomic E-state index is 0.103. The standard InChI is InChI=1S/C12H12N2O3/c1-12(17)8(9(13)11(16)14-12)10(15)7-5-3-2-4-6-7/h2-6,17H,13H2,1H3,(H,14,16). The van der Waals surface area contributed by atoms with Gasteiger partial charge < -0.3 is 16.2 Å². The smallest absolute Gasteiger partial charge is 0.270 e. The Morgan fingerprint density at radius 1 is 1.35 bits per heavy atom. The largest absolute Gasteiger partial charge is 0.394 e. The zero-order valence-electron chi connectivity index (χ0n) is 9.23. The molecule has 4 N–H and O–H groups in total. The minimum atomic E-state index is -1.71. The van der Waals surface area contributed by atoms with Crippen LogP contribution < -0.4 is 11.1 Å². The lowest BCUT2D eigenvalue weighted by molar-refractivity contribution is -0.120. The van der Waals surface area contributed by atoms with Crippen LogP contribution in [0, 0.1) is 0 Å². The van der Waals surface area contributed by atoms with Crippen LogP contribution in [0.25, 0.3) is 0 Å². The Balaban J connectivity index is 2.48. The first kappa shape index (κ1) is 11.3. The molecule has 1 amide bonds. The number of ketones is 1. The second kappa shape index (κ2) is 3.71. The predicted octanol–water partition coefficient (Wildman–Crippen LogP) is -0.0796. The number of nitrogens with two attached hydrogens (primary N) is 1. The minimum Gasteiger partial charge on any atom is -0.394 e. The van der Waals surface area contributed by atoms with Crippen LogP contribution in [-0.2, 0) is 4.79 Å². The van der Waals surface area contributed by atoms with Gasteiger partial charge in [-0.3, -0.25) is 9.59 Å². The number of nitrogens with one attached hydrogen (secondary N) is 1. The highest BCUT2D eigenvalue weighted by Crippen LogP contribution is 2.25. The lowest BCUT2D eigenvalue weighted by atomic mass is 9.96. The summed E-state index contributed by atoms with van der Waals surface area (Å²) < 4.78 is 0. The van der Waals surface area contributed by atoms with Gasteiger partial charge in [0, 0.05) is 5.56 Å². The average molecular weight is 232 g/mol. The number of aliphatic hydroxyl groups is 1. The molecule has 1 unspecified atom stereocenters. The number of amides is 1. The van der Waals surface area contributed by atoms with Crippen LogP contribution in [0.4, 0.5) is 0 Å². The molecule has 2 rings (SSSR count). The van der Waals surface area contributed by atoms with Crippen LogP contribution in [-0.4, -0.2) is 22.5 Å². The first-order chi connectivity index (χ1) is 7.93. The maximum atomic E-state index is 12.1. The van der Waals surface area contributed by atoms with Crippen molar-refractivity contribution in [2.45, 2.75) is 12.6 Å². The third-order valence-corrected chi connectivity index (χ3v) is 2.62. The van der Waals surface area contributed by atoms with Crippen molar-refractivity contribution >= 4 is 11.7 Å². The number of carbonyl (C=O) groups excluding carboxylic acids is 2. The van der Waals surface area contributed by atoms with E-state index in [2.05, 4.69) is 5.32 Å². The normalized spacial score (nSPS) is 23.8. The van der Waals surface area contributed by atoms with Gasteiger partial charge >= 0.3 is 0 Å². The molecule has 0 saturated heterocycles. The summed E-state index contributed by atoms with van der Waals surface area (Å²) >= 11 is 0. The molecule has 0 aromatic heterocycles. The van der Waals surface area contributed by atoms with E-state index in [0.717, 1.165) is 0 Å². The summed E-state index contributed by atoms with van der Waals surface area (Å²) in [6.45, 7) is 1.32. The van der Waals surface area contributed by atoms with E-state index >= 15 is 0 Å². The fourth-order valence-electron chi connectivity index (χ4n) is 1.80. The van der Waals surface area contributed by atoms with Crippen molar-refractivity contribution in [2.75, 3.05) is 0 Å². The van der Waals surface area contributed by atoms with Crippen LogP contribution in [0.3, 0.4) is 0 Å². The first-order valence-electron chi connectivity index (χ1n) is 5.08. The molecule has 0 spiro atoms. The van der Waals surface area contributed by atoms with Gasteiger partial charge in [-0.25, -0.2) is 0 Å². The van der Waals surface area contributed by atoms with Crippen LogP contribution in [0.1, 0.15) is 17.3 Å². The van der Waals surface area contributed by atoms with Crippen molar-refractivity contribution in [1.82, 2.24) is 5.32 Å². The zero-order chi connectivity index (χ0) is 12.6. The Hall–Kier alpha value is -2.14. The Morgan fingerprint density at radius 2 is 1.94 bits per heavy atom. The Morgan fingerprint density at radius 3 is 2.41 bits per heavy atom. The van der Waals surface area contributed by atoms with Gasteiger partial charge in [-0.2, -0.15) is 0 Å². The molecule has 0 radical (unpaired) electrons. The molecule has 1 aromatic rings. The van der Waals surface area contributed by atoms with Crippen molar-refractivity contribution in [2.24, 2.45) is 5.73 Å². The third-order valence-electron chi connectivity index (χ3n) is 2.62. The monoisotopic (exact) mass is 232 g/mol. The van der Waals surface area contributed by atoms with Crippen LogP contribution in [0.15, 0.2) is 41.6 Å². The van der Waals surface area contributed by atoms with Crippen molar-refractivity contribution in [3.63, 3.8) is 0 Å². The quantitative estimate of drug-likeness (QED) is 0.622. The summed E-state index contributed by atoms with van der Waals surface area (Å²) in [5.41, 5.74) is 3.85. The van der Waals surface area contributed by atoms with Gasteiger partial charge in [-0.05, 0) is 6.92 Å². The van der Waals surface area contributed by atoms with Gasteiger partial charge in [0.2, 0.25) is 0 Å². The van der Waals surface area contributed by atoms with E-state index in [1.54, 1.807) is 30.3 Å². The molecule has 88 valence electrons. The highest BCUT2D eigenvalue weighted by atomic mass is 16.3. The van der Waals surface area contributed by atoms with E-state index < -0.39 is 17.4 Å². The maximum absolute atomic E-state index is 12.1. The molecule has 1 atom stereocenters. The van der Waals surface area contributed by atoms with E-state index in [-0.39, 0.29) is 11.3 Å². The second-order valence-corrected chi connectivity index (χ2v) is 4.01. The highest BCUT2D eigenvalue weighted by molar-refractivity contribution is 6.17. The van der Waals surface area contributed by atoms with Gasteiger partial charge in [-0.15, -0.1) is 0 Å². The molecular formula is C12H12N2O3. The summed E-state index contributed by atoms with van der Waals surface area (Å²) in [6, 6.07) is 8.36. The number of benzene rings is 1. The summed E-state index contributed by atoms with van der Waals surface area (Å²) in [4.78, 5) is 23.5. The molecule has 5 heteroatoms. The van der Waals surface area contributed by atoms with E-state index in [1.165, 1.54) is 6.92 Å².